The SMILES string of the molecule is COc1c(Cl)cc(C)cc1CC1(N)CC1. The fourth-order valence-electron chi connectivity index (χ4n) is 1.88. The molecule has 0 aliphatic heterocycles. The predicted octanol–water partition coefficient (Wildman–Crippen LogP) is 2.69. The van der Waals surface area contributed by atoms with Gasteiger partial charge in [-0.05, 0) is 43.4 Å². The first kappa shape index (κ1) is 10.8. The van der Waals surface area contributed by atoms with Crippen LogP contribution in [0, 0.1) is 6.92 Å². The van der Waals surface area contributed by atoms with E-state index in [4.69, 9.17) is 22.1 Å². The summed E-state index contributed by atoms with van der Waals surface area (Å²) < 4.78 is 5.32. The zero-order valence-electron chi connectivity index (χ0n) is 9.14. The molecular weight excluding hydrogens is 210 g/mol. The minimum atomic E-state index is -0.00952. The smallest absolute Gasteiger partial charge is 0.140 e. The number of rotatable bonds is 3. The van der Waals surface area contributed by atoms with E-state index in [1.807, 2.05) is 13.0 Å². The highest BCUT2D eigenvalue weighted by atomic mass is 35.5. The molecule has 1 aromatic rings. The van der Waals surface area contributed by atoms with E-state index >= 15 is 0 Å². The summed E-state index contributed by atoms with van der Waals surface area (Å²) in [7, 11) is 1.65. The summed E-state index contributed by atoms with van der Waals surface area (Å²) >= 11 is 6.12. The summed E-state index contributed by atoms with van der Waals surface area (Å²) in [5, 5.41) is 0.678. The average molecular weight is 226 g/mol. The van der Waals surface area contributed by atoms with Crippen molar-refractivity contribution < 1.29 is 4.74 Å². The lowest BCUT2D eigenvalue weighted by molar-refractivity contribution is 0.407. The Hall–Kier alpha value is -0.730. The summed E-state index contributed by atoms with van der Waals surface area (Å²) in [6, 6.07) is 4.03. The fraction of sp³-hybridized carbons (Fsp3) is 0.500. The van der Waals surface area contributed by atoms with Crippen molar-refractivity contribution in [3.8, 4) is 5.75 Å². The Labute approximate surface area is 95.4 Å². The van der Waals surface area contributed by atoms with Crippen molar-refractivity contribution in [1.82, 2.24) is 0 Å². The molecule has 2 nitrogen and oxygen atoms in total. The largest absolute Gasteiger partial charge is 0.495 e. The van der Waals surface area contributed by atoms with E-state index in [1.165, 1.54) is 0 Å². The van der Waals surface area contributed by atoms with Gasteiger partial charge in [0.25, 0.3) is 0 Å². The molecule has 2 rings (SSSR count). The molecular formula is C12H16ClNO. The molecule has 2 N–H and O–H groups in total. The third-order valence-corrected chi connectivity index (χ3v) is 3.18. The normalized spacial score (nSPS) is 17.6. The zero-order chi connectivity index (χ0) is 11.1. The molecule has 1 aromatic carbocycles. The Morgan fingerprint density at radius 3 is 2.67 bits per heavy atom. The van der Waals surface area contributed by atoms with E-state index in [9.17, 15) is 0 Å². The van der Waals surface area contributed by atoms with Gasteiger partial charge < -0.3 is 10.5 Å². The molecule has 0 radical (unpaired) electrons. The van der Waals surface area contributed by atoms with Crippen LogP contribution in [0.15, 0.2) is 12.1 Å². The van der Waals surface area contributed by atoms with Gasteiger partial charge in [-0.1, -0.05) is 17.7 Å². The van der Waals surface area contributed by atoms with Crippen LogP contribution in [0.1, 0.15) is 24.0 Å². The number of ether oxygens (including phenoxy) is 1. The van der Waals surface area contributed by atoms with Crippen LogP contribution in [0.2, 0.25) is 5.02 Å². The highest BCUT2D eigenvalue weighted by Gasteiger charge is 2.38. The molecule has 0 unspecified atom stereocenters. The lowest BCUT2D eigenvalue weighted by Gasteiger charge is -2.14. The molecule has 0 amide bonds. The Morgan fingerprint density at radius 1 is 1.47 bits per heavy atom. The summed E-state index contributed by atoms with van der Waals surface area (Å²) in [6.07, 6.45) is 3.06. The van der Waals surface area contributed by atoms with Gasteiger partial charge >= 0.3 is 0 Å². The average Bonchev–Trinajstić information content (AvgIpc) is 2.82. The Bertz CT molecular complexity index is 385. The van der Waals surface area contributed by atoms with Gasteiger partial charge in [-0.25, -0.2) is 0 Å². The minimum Gasteiger partial charge on any atom is -0.495 e. The second kappa shape index (κ2) is 3.69. The van der Waals surface area contributed by atoms with Crippen LogP contribution in [0.25, 0.3) is 0 Å². The van der Waals surface area contributed by atoms with Crippen molar-refractivity contribution in [2.45, 2.75) is 31.7 Å². The molecule has 15 heavy (non-hydrogen) atoms. The van der Waals surface area contributed by atoms with Crippen molar-refractivity contribution in [2.75, 3.05) is 7.11 Å². The van der Waals surface area contributed by atoms with Gasteiger partial charge in [-0.3, -0.25) is 0 Å². The molecule has 0 heterocycles. The van der Waals surface area contributed by atoms with Gasteiger partial charge in [0.15, 0.2) is 0 Å². The third kappa shape index (κ3) is 2.27. The topological polar surface area (TPSA) is 35.2 Å². The van der Waals surface area contributed by atoms with E-state index in [1.54, 1.807) is 7.11 Å². The highest BCUT2D eigenvalue weighted by molar-refractivity contribution is 6.32. The summed E-state index contributed by atoms with van der Waals surface area (Å²) in [6.45, 7) is 2.03. The first-order valence-corrected chi connectivity index (χ1v) is 5.54. The van der Waals surface area contributed by atoms with Crippen molar-refractivity contribution >= 4 is 11.6 Å². The molecule has 0 aromatic heterocycles. The van der Waals surface area contributed by atoms with Crippen LogP contribution in [0.4, 0.5) is 0 Å². The number of aryl methyl sites for hydroxylation is 1. The Kier molecular flexibility index (Phi) is 2.65. The van der Waals surface area contributed by atoms with Crippen LogP contribution < -0.4 is 10.5 Å². The fourth-order valence-corrected chi connectivity index (χ4v) is 2.25. The molecule has 1 aliphatic rings. The molecule has 82 valence electrons. The maximum atomic E-state index is 6.12. The summed E-state index contributed by atoms with van der Waals surface area (Å²) in [5.41, 5.74) is 8.37. The van der Waals surface area contributed by atoms with Crippen LogP contribution in [0.5, 0.6) is 5.75 Å². The van der Waals surface area contributed by atoms with E-state index in [-0.39, 0.29) is 5.54 Å². The number of methoxy groups -OCH3 is 1. The highest BCUT2D eigenvalue weighted by Crippen LogP contribution is 2.40. The molecule has 1 aliphatic carbocycles. The van der Waals surface area contributed by atoms with Gasteiger partial charge in [0.1, 0.15) is 5.75 Å². The molecule has 0 bridgehead atoms. The predicted molar refractivity (Wildman–Crippen MR) is 62.6 cm³/mol. The van der Waals surface area contributed by atoms with E-state index in [0.29, 0.717) is 5.02 Å². The third-order valence-electron chi connectivity index (χ3n) is 2.90. The second-order valence-electron chi connectivity index (χ2n) is 4.48. The van der Waals surface area contributed by atoms with Crippen LogP contribution in [-0.2, 0) is 6.42 Å². The van der Waals surface area contributed by atoms with Gasteiger partial charge in [0.2, 0.25) is 0 Å². The Morgan fingerprint density at radius 2 is 2.13 bits per heavy atom. The molecule has 1 fully saturated rings. The maximum Gasteiger partial charge on any atom is 0.140 e. The first-order valence-electron chi connectivity index (χ1n) is 5.16. The van der Waals surface area contributed by atoms with E-state index in [0.717, 1.165) is 36.1 Å². The van der Waals surface area contributed by atoms with Crippen LogP contribution in [0.3, 0.4) is 0 Å². The molecule has 0 spiro atoms. The quantitative estimate of drug-likeness (QED) is 0.859. The van der Waals surface area contributed by atoms with Gasteiger partial charge in [0.05, 0.1) is 12.1 Å². The van der Waals surface area contributed by atoms with Crippen molar-refractivity contribution in [3.05, 3.63) is 28.3 Å². The monoisotopic (exact) mass is 225 g/mol. The molecule has 3 heteroatoms. The van der Waals surface area contributed by atoms with Crippen molar-refractivity contribution in [3.63, 3.8) is 0 Å². The second-order valence-corrected chi connectivity index (χ2v) is 4.89. The number of benzene rings is 1. The van der Waals surface area contributed by atoms with Crippen molar-refractivity contribution in [2.24, 2.45) is 5.73 Å². The first-order chi connectivity index (χ1) is 7.04. The van der Waals surface area contributed by atoms with E-state index in [2.05, 4.69) is 6.07 Å². The standard InChI is InChI=1S/C12H16ClNO/c1-8-5-9(7-12(14)3-4-12)11(15-2)10(13)6-8/h5-6H,3-4,7,14H2,1-2H3. The maximum absolute atomic E-state index is 6.12. The minimum absolute atomic E-state index is 0.00952. The molecule has 0 saturated heterocycles. The van der Waals surface area contributed by atoms with Crippen molar-refractivity contribution in [1.29, 1.82) is 0 Å². The summed E-state index contributed by atoms with van der Waals surface area (Å²) in [5.74, 6) is 0.777. The van der Waals surface area contributed by atoms with Gasteiger partial charge in [-0.15, -0.1) is 0 Å². The Balaban J connectivity index is 2.35. The molecule has 0 atom stereocenters. The lowest BCUT2D eigenvalue weighted by Crippen LogP contribution is -2.24. The van der Waals surface area contributed by atoms with E-state index < -0.39 is 0 Å². The number of hydrogen-bond donors (Lipinski definition) is 1. The van der Waals surface area contributed by atoms with Gasteiger partial charge in [0, 0.05) is 5.54 Å². The zero-order valence-corrected chi connectivity index (χ0v) is 9.90. The number of halogens is 1. The van der Waals surface area contributed by atoms with Gasteiger partial charge in [-0.2, -0.15) is 0 Å². The summed E-state index contributed by atoms with van der Waals surface area (Å²) in [4.78, 5) is 0. The van der Waals surface area contributed by atoms with Crippen LogP contribution >= 0.6 is 11.6 Å². The number of hydrogen-bond acceptors (Lipinski definition) is 2. The van der Waals surface area contributed by atoms with Crippen LogP contribution in [-0.4, -0.2) is 12.6 Å². The molecule has 1 saturated carbocycles. The lowest BCUT2D eigenvalue weighted by atomic mass is 10.0. The number of nitrogens with two attached hydrogens (primary N) is 1.